The summed E-state index contributed by atoms with van der Waals surface area (Å²) >= 11 is 0. The summed E-state index contributed by atoms with van der Waals surface area (Å²) in [7, 11) is 0. The smallest absolute Gasteiger partial charge is 0.308 e. The number of hydrogen-bond acceptors (Lipinski definition) is 18. The summed E-state index contributed by atoms with van der Waals surface area (Å²) in [5.41, 5.74) is 11.3. The van der Waals surface area contributed by atoms with E-state index in [2.05, 4.69) is 5.32 Å². The molecule has 3 aliphatic rings. The lowest BCUT2D eigenvalue weighted by Crippen LogP contribution is -2.62. The van der Waals surface area contributed by atoms with E-state index in [1.165, 1.54) is 6.92 Å². The average molecular weight is 994 g/mol. The van der Waals surface area contributed by atoms with Gasteiger partial charge in [-0.3, -0.25) is 14.4 Å². The van der Waals surface area contributed by atoms with Gasteiger partial charge >= 0.3 is 5.97 Å². The van der Waals surface area contributed by atoms with Gasteiger partial charge in [0, 0.05) is 50.5 Å². The molecule has 0 aromatic heterocycles. The maximum Gasteiger partial charge on any atom is 0.308 e. The summed E-state index contributed by atoms with van der Waals surface area (Å²) in [4.78, 5) is 37.7. The van der Waals surface area contributed by atoms with Crippen LogP contribution in [0.15, 0.2) is 85.1 Å². The predicted octanol–water partition coefficient (Wildman–Crippen LogP) is -0.381. The van der Waals surface area contributed by atoms with Crippen LogP contribution in [-0.4, -0.2) is 173 Å². The Morgan fingerprint density at radius 2 is 1.29 bits per heavy atom. The molecule has 0 aromatic carbocycles. The van der Waals surface area contributed by atoms with Gasteiger partial charge in [0.15, 0.2) is 12.1 Å². The van der Waals surface area contributed by atoms with Crippen LogP contribution >= 0.6 is 0 Å². The Labute approximate surface area is 410 Å². The fourth-order valence-electron chi connectivity index (χ4n) is 8.42. The van der Waals surface area contributed by atoms with Crippen LogP contribution in [0.4, 0.5) is 0 Å². The van der Waals surface area contributed by atoms with Crippen molar-refractivity contribution in [2.45, 2.75) is 183 Å². The van der Waals surface area contributed by atoms with Crippen LogP contribution in [0.2, 0.25) is 0 Å². The summed E-state index contributed by atoms with van der Waals surface area (Å²) in [5, 5.41) is 112. The van der Waals surface area contributed by atoms with Gasteiger partial charge in [-0.1, -0.05) is 98.9 Å². The van der Waals surface area contributed by atoms with Crippen LogP contribution in [0.3, 0.4) is 0 Å². The largest absolute Gasteiger partial charge is 0.462 e. The van der Waals surface area contributed by atoms with Crippen molar-refractivity contribution in [1.82, 2.24) is 5.32 Å². The highest BCUT2D eigenvalue weighted by Gasteiger charge is 2.51. The SMILES string of the molecule is C[C@@H]1[C@H](O)[C@@H](C)/C=C/C=C/C=C/C=C/C=C/C=C/C=C/[C@H](O[C@@H]2O[C@H](C)[C@@H](O)[C@H](N)[C@@H]2O)C[C@@H]2O[C@](O)(C[C@@H](O)C[C@@H](O)[C@H](O)CC[C@@H](O)C[C@@H](O)CC(=O)O[C@H]1C)C[C@H](O)[C@H]2C(=O)NCCC(N)=O. The molecule has 0 unspecified atom stereocenters. The zero-order valence-corrected chi connectivity index (χ0v) is 40.5. The fourth-order valence-corrected chi connectivity index (χ4v) is 8.42. The summed E-state index contributed by atoms with van der Waals surface area (Å²) < 4.78 is 23.6. The summed E-state index contributed by atoms with van der Waals surface area (Å²) in [6.45, 7) is 6.57. The first-order chi connectivity index (χ1) is 33.0. The molecule has 70 heavy (non-hydrogen) atoms. The number of aliphatic hydroxyl groups excluding tert-OH is 9. The predicted molar refractivity (Wildman–Crippen MR) is 256 cm³/mol. The number of cyclic esters (lactones) is 1. The molecule has 0 aliphatic carbocycles. The van der Waals surface area contributed by atoms with Crippen LogP contribution in [0.25, 0.3) is 0 Å². The van der Waals surface area contributed by atoms with E-state index in [1.54, 1.807) is 80.7 Å². The Morgan fingerprint density at radius 1 is 0.700 bits per heavy atom. The Kier molecular flexibility index (Phi) is 26.0. The quantitative estimate of drug-likeness (QED) is 0.151. The Hall–Kier alpha value is -3.97. The van der Waals surface area contributed by atoms with Crippen molar-refractivity contribution in [3.63, 3.8) is 0 Å². The molecule has 0 radical (unpaired) electrons. The van der Waals surface area contributed by atoms with Gasteiger partial charge in [-0.15, -0.1) is 0 Å². The number of fused-ring (bicyclic) bond motifs is 2. The first kappa shape index (κ1) is 60.3. The average Bonchev–Trinajstić information content (AvgIpc) is 3.27. The second-order valence-electron chi connectivity index (χ2n) is 18.7. The van der Waals surface area contributed by atoms with Crippen molar-refractivity contribution in [1.29, 1.82) is 0 Å². The molecule has 3 rings (SSSR count). The van der Waals surface area contributed by atoms with E-state index in [4.69, 9.17) is 30.4 Å². The number of carbonyl (C=O) groups is 3. The van der Waals surface area contributed by atoms with Crippen molar-refractivity contribution in [2.75, 3.05) is 6.54 Å². The number of amides is 2. The lowest BCUT2D eigenvalue weighted by atomic mass is 9.82. The van der Waals surface area contributed by atoms with Gasteiger partial charge in [0.25, 0.3) is 0 Å². The molecular weight excluding hydrogens is 915 g/mol. The number of primary amides is 1. The Bertz CT molecular complexity index is 1820. The molecule has 20 nitrogen and oxygen atoms in total. The van der Waals surface area contributed by atoms with Crippen LogP contribution in [0.1, 0.15) is 85.5 Å². The molecule has 2 bridgehead atoms. The molecule has 20 heteroatoms. The standard InChI is InChI=1S/C50H79N3O17/c1-29-17-15-13-11-9-7-5-6-8-10-12-14-16-18-36(69-49-47(64)44(52)46(63)32(4)68-49)26-40-43(48(65)53-22-21-41(51)60)39(59)28-50(66,70-40)27-35(56)24-38(58)37(57)20-19-33(54)23-34(55)25-42(61)67-31(3)30(2)45(29)62/h5-18,29-40,43-47,49,54-59,62-64,66H,19-28,52H2,1-4H3,(H2,51,60)(H,53,65)/b6-5+,9-7+,10-8+,13-11+,14-12+,17-15+,18-16+/t29-,30-,31-,32+,33+,34+,35-,36-,37+,38+,39-,40-,43+,44-,45+,46+,47-,49-,50+/m0/s1. The van der Waals surface area contributed by atoms with E-state index in [-0.39, 0.29) is 44.6 Å². The molecule has 2 amide bonds. The second-order valence-corrected chi connectivity index (χ2v) is 18.7. The lowest BCUT2D eigenvalue weighted by Gasteiger charge is -2.46. The second kappa shape index (κ2) is 30.2. The Morgan fingerprint density at radius 3 is 1.89 bits per heavy atom. The first-order valence-electron chi connectivity index (χ1n) is 24.0. The van der Waals surface area contributed by atoms with E-state index in [9.17, 15) is 65.4 Å². The van der Waals surface area contributed by atoms with E-state index < -0.39 is 153 Å². The van der Waals surface area contributed by atoms with Crippen LogP contribution in [0, 0.1) is 17.8 Å². The number of hydrogen-bond donors (Lipinski definition) is 13. The van der Waals surface area contributed by atoms with E-state index in [0.29, 0.717) is 0 Å². The monoisotopic (exact) mass is 994 g/mol. The first-order valence-corrected chi connectivity index (χ1v) is 24.0. The third-order valence-electron chi connectivity index (χ3n) is 12.7. The summed E-state index contributed by atoms with van der Waals surface area (Å²) in [5.74, 6) is -6.66. The van der Waals surface area contributed by atoms with E-state index in [0.717, 1.165) is 0 Å². The van der Waals surface area contributed by atoms with Gasteiger partial charge < -0.3 is 86.8 Å². The van der Waals surface area contributed by atoms with Crippen LogP contribution in [0.5, 0.6) is 0 Å². The maximum atomic E-state index is 13.6. The molecule has 15 N–H and O–H groups in total. The van der Waals surface area contributed by atoms with Crippen molar-refractivity contribution in [2.24, 2.45) is 29.2 Å². The molecule has 2 fully saturated rings. The van der Waals surface area contributed by atoms with Gasteiger partial charge in [-0.05, 0) is 33.1 Å². The summed E-state index contributed by atoms with van der Waals surface area (Å²) in [6, 6.07) is -1.16. The third kappa shape index (κ3) is 20.6. The maximum absolute atomic E-state index is 13.6. The molecule has 19 atom stereocenters. The van der Waals surface area contributed by atoms with Gasteiger partial charge in [0.1, 0.15) is 12.2 Å². The molecule has 3 heterocycles. The third-order valence-corrected chi connectivity index (χ3v) is 12.7. The van der Waals surface area contributed by atoms with Crippen molar-refractivity contribution >= 4 is 17.8 Å². The number of carbonyl (C=O) groups excluding carboxylic acids is 3. The highest BCUT2D eigenvalue weighted by molar-refractivity contribution is 5.81. The van der Waals surface area contributed by atoms with Gasteiger partial charge in [0.2, 0.25) is 11.8 Å². The zero-order valence-electron chi connectivity index (χ0n) is 40.5. The minimum absolute atomic E-state index is 0.115. The fraction of sp³-hybridized carbons (Fsp3) is 0.660. The van der Waals surface area contributed by atoms with E-state index >= 15 is 0 Å². The van der Waals surface area contributed by atoms with Gasteiger partial charge in [0.05, 0.1) is 85.5 Å². The summed E-state index contributed by atoms with van der Waals surface area (Å²) in [6.07, 6.45) is 3.41. The highest BCUT2D eigenvalue weighted by atomic mass is 16.7. The molecule has 0 spiro atoms. The van der Waals surface area contributed by atoms with Crippen molar-refractivity contribution in [3.05, 3.63) is 85.1 Å². The lowest BCUT2D eigenvalue weighted by molar-refractivity contribution is -0.307. The van der Waals surface area contributed by atoms with Crippen LogP contribution < -0.4 is 16.8 Å². The number of nitrogens with two attached hydrogens (primary N) is 2. The number of allylic oxidation sites excluding steroid dienone is 12. The number of aliphatic hydroxyl groups is 10. The number of ether oxygens (including phenoxy) is 4. The highest BCUT2D eigenvalue weighted by Crippen LogP contribution is 2.38. The Balaban J connectivity index is 1.93. The molecular formula is C50H79N3O17. The van der Waals surface area contributed by atoms with Gasteiger partial charge in [-0.25, -0.2) is 0 Å². The molecule has 0 saturated carbocycles. The van der Waals surface area contributed by atoms with Gasteiger partial charge in [-0.2, -0.15) is 0 Å². The topological polar surface area (TPSA) is 354 Å². The molecule has 3 aliphatic heterocycles. The molecule has 0 aromatic rings. The minimum Gasteiger partial charge on any atom is -0.462 e. The normalized spacial score (nSPS) is 43.0. The van der Waals surface area contributed by atoms with Crippen molar-refractivity contribution in [3.8, 4) is 0 Å². The minimum atomic E-state index is -2.33. The number of rotatable bonds is 6. The number of nitrogens with one attached hydrogen (secondary N) is 1. The number of esters is 1. The van der Waals surface area contributed by atoms with E-state index in [1.807, 2.05) is 25.2 Å². The zero-order chi connectivity index (χ0) is 52.1. The van der Waals surface area contributed by atoms with Crippen molar-refractivity contribution < 1.29 is 84.4 Å². The molecule has 2 saturated heterocycles. The van der Waals surface area contributed by atoms with Crippen LogP contribution in [-0.2, 0) is 33.3 Å². The molecule has 396 valence electrons.